The monoisotopic (exact) mass is 292 g/mol. The molecule has 0 spiro atoms. The first-order valence-electron chi connectivity index (χ1n) is 7.21. The lowest BCUT2D eigenvalue weighted by molar-refractivity contribution is -0.137. The maximum Gasteiger partial charge on any atom is 0.379 e. The van der Waals surface area contributed by atoms with Gasteiger partial charge >= 0.3 is 5.97 Å². The van der Waals surface area contributed by atoms with Crippen LogP contribution in [0.25, 0.3) is 0 Å². The minimum atomic E-state index is -0.857. The first kappa shape index (κ1) is 15.4. The molecule has 0 aliphatic heterocycles. The number of ether oxygens (including phenoxy) is 3. The summed E-state index contributed by atoms with van der Waals surface area (Å²) in [6.07, 6.45) is 4.61. The lowest BCUT2D eigenvalue weighted by Gasteiger charge is -2.16. The van der Waals surface area contributed by atoms with Gasteiger partial charge in [-0.15, -0.1) is 0 Å². The third-order valence-corrected chi connectivity index (χ3v) is 3.48. The van der Waals surface area contributed by atoms with Gasteiger partial charge < -0.3 is 14.2 Å². The molecular formula is C16H20O5. The molecule has 1 fully saturated rings. The van der Waals surface area contributed by atoms with Gasteiger partial charge in [0.1, 0.15) is 0 Å². The van der Waals surface area contributed by atoms with Crippen LogP contribution in [0, 0.1) is 0 Å². The number of esters is 1. The second-order valence-corrected chi connectivity index (χ2v) is 4.94. The zero-order valence-electron chi connectivity index (χ0n) is 12.4. The molecule has 1 aliphatic carbocycles. The Morgan fingerprint density at radius 2 is 1.90 bits per heavy atom. The van der Waals surface area contributed by atoms with Gasteiger partial charge in [-0.05, 0) is 50.8 Å². The van der Waals surface area contributed by atoms with Gasteiger partial charge in [-0.25, -0.2) is 4.79 Å². The average Bonchev–Trinajstić information content (AvgIpc) is 3.00. The first-order valence-corrected chi connectivity index (χ1v) is 7.21. The molecule has 1 aromatic rings. The molecule has 0 atom stereocenters. The van der Waals surface area contributed by atoms with Gasteiger partial charge in [-0.3, -0.25) is 4.79 Å². The van der Waals surface area contributed by atoms with E-state index < -0.39 is 11.8 Å². The summed E-state index contributed by atoms with van der Waals surface area (Å²) >= 11 is 0. The largest absolute Gasteiger partial charge is 0.493 e. The van der Waals surface area contributed by atoms with E-state index in [0.29, 0.717) is 11.5 Å². The van der Waals surface area contributed by atoms with Crippen molar-refractivity contribution in [3.05, 3.63) is 23.8 Å². The fraction of sp³-hybridized carbons (Fsp3) is 0.500. The Labute approximate surface area is 124 Å². The van der Waals surface area contributed by atoms with Crippen LogP contribution in [-0.4, -0.2) is 31.6 Å². The molecule has 0 bridgehead atoms. The van der Waals surface area contributed by atoms with E-state index in [2.05, 4.69) is 0 Å². The fourth-order valence-electron chi connectivity index (χ4n) is 2.41. The second kappa shape index (κ2) is 7.11. The summed E-state index contributed by atoms with van der Waals surface area (Å²) in [5.74, 6) is -0.478. The minimum absolute atomic E-state index is 0.171. The zero-order chi connectivity index (χ0) is 15.2. The van der Waals surface area contributed by atoms with Crippen molar-refractivity contribution in [1.29, 1.82) is 0 Å². The van der Waals surface area contributed by atoms with Crippen LogP contribution >= 0.6 is 0 Å². The van der Waals surface area contributed by atoms with Crippen molar-refractivity contribution in [2.24, 2.45) is 0 Å². The van der Waals surface area contributed by atoms with Crippen LogP contribution in [-0.2, 0) is 9.53 Å². The second-order valence-electron chi connectivity index (χ2n) is 4.94. The lowest BCUT2D eigenvalue weighted by Crippen LogP contribution is -2.18. The average molecular weight is 292 g/mol. The van der Waals surface area contributed by atoms with Crippen LogP contribution in [0.5, 0.6) is 11.5 Å². The van der Waals surface area contributed by atoms with Gasteiger partial charge in [0.25, 0.3) is 5.78 Å². The van der Waals surface area contributed by atoms with Crippen molar-refractivity contribution in [1.82, 2.24) is 0 Å². The topological polar surface area (TPSA) is 61.8 Å². The number of hydrogen-bond acceptors (Lipinski definition) is 5. The highest BCUT2D eigenvalue weighted by atomic mass is 16.5. The highest BCUT2D eigenvalue weighted by Gasteiger charge is 2.22. The molecule has 0 amide bonds. The van der Waals surface area contributed by atoms with Gasteiger partial charge in [-0.1, -0.05) is 0 Å². The summed E-state index contributed by atoms with van der Waals surface area (Å²) in [6.45, 7) is 1.83. The lowest BCUT2D eigenvalue weighted by atomic mass is 10.1. The molecule has 5 heteroatoms. The Morgan fingerprint density at radius 1 is 1.19 bits per heavy atom. The van der Waals surface area contributed by atoms with Gasteiger partial charge in [0.2, 0.25) is 0 Å². The van der Waals surface area contributed by atoms with Gasteiger partial charge in [-0.2, -0.15) is 0 Å². The van der Waals surface area contributed by atoms with Crippen molar-refractivity contribution in [2.75, 3.05) is 13.7 Å². The number of carbonyl (C=O) groups is 2. The molecule has 0 saturated heterocycles. The van der Waals surface area contributed by atoms with Crippen molar-refractivity contribution in [2.45, 2.75) is 38.7 Å². The normalized spacial score (nSPS) is 14.8. The van der Waals surface area contributed by atoms with Crippen LogP contribution in [0.4, 0.5) is 0 Å². The number of Topliss-reactive ketones (excluding diaryl/α,β-unsaturated/α-hetero) is 1. The Balaban J connectivity index is 2.15. The zero-order valence-corrected chi connectivity index (χ0v) is 12.4. The maximum absolute atomic E-state index is 11.9. The number of hydrogen-bond donors (Lipinski definition) is 0. The Morgan fingerprint density at radius 3 is 2.52 bits per heavy atom. The van der Waals surface area contributed by atoms with Crippen molar-refractivity contribution < 1.29 is 23.8 Å². The van der Waals surface area contributed by atoms with E-state index >= 15 is 0 Å². The molecule has 0 aromatic heterocycles. The van der Waals surface area contributed by atoms with E-state index in [1.807, 2.05) is 0 Å². The standard InChI is InChI=1S/C16H20O5/c1-3-20-16(18)15(17)11-8-9-13(14(10-11)19-2)21-12-6-4-5-7-12/h8-10,12H,3-7H2,1-2H3. The molecule has 21 heavy (non-hydrogen) atoms. The van der Waals surface area contributed by atoms with Crippen molar-refractivity contribution in [3.63, 3.8) is 0 Å². The molecule has 1 saturated carbocycles. The van der Waals surface area contributed by atoms with Crippen molar-refractivity contribution in [3.8, 4) is 11.5 Å². The molecule has 2 rings (SSSR count). The van der Waals surface area contributed by atoms with E-state index in [4.69, 9.17) is 14.2 Å². The molecule has 0 radical (unpaired) electrons. The number of benzene rings is 1. The maximum atomic E-state index is 11.9. The van der Waals surface area contributed by atoms with Crippen LogP contribution in [0.3, 0.4) is 0 Å². The van der Waals surface area contributed by atoms with Gasteiger partial charge in [0.05, 0.1) is 19.8 Å². The number of ketones is 1. The van der Waals surface area contributed by atoms with Crippen LogP contribution < -0.4 is 9.47 Å². The number of methoxy groups -OCH3 is 1. The van der Waals surface area contributed by atoms with E-state index in [1.54, 1.807) is 19.1 Å². The smallest absolute Gasteiger partial charge is 0.379 e. The van der Waals surface area contributed by atoms with E-state index in [0.717, 1.165) is 12.8 Å². The number of carbonyl (C=O) groups excluding carboxylic acids is 2. The van der Waals surface area contributed by atoms with Gasteiger partial charge in [0, 0.05) is 5.56 Å². The third kappa shape index (κ3) is 3.74. The van der Waals surface area contributed by atoms with Crippen LogP contribution in [0.1, 0.15) is 43.0 Å². The summed E-state index contributed by atoms with van der Waals surface area (Å²) in [7, 11) is 1.51. The molecule has 5 nitrogen and oxygen atoms in total. The minimum Gasteiger partial charge on any atom is -0.493 e. The first-order chi connectivity index (χ1) is 10.2. The van der Waals surface area contributed by atoms with Crippen LogP contribution in [0.2, 0.25) is 0 Å². The molecule has 114 valence electrons. The highest BCUT2D eigenvalue weighted by Crippen LogP contribution is 2.32. The van der Waals surface area contributed by atoms with E-state index in [1.165, 1.54) is 26.0 Å². The predicted molar refractivity (Wildman–Crippen MR) is 76.8 cm³/mol. The summed E-state index contributed by atoms with van der Waals surface area (Å²) < 4.78 is 15.9. The quantitative estimate of drug-likeness (QED) is 0.458. The summed E-state index contributed by atoms with van der Waals surface area (Å²) in [6, 6.07) is 4.75. The Kier molecular flexibility index (Phi) is 5.20. The van der Waals surface area contributed by atoms with Gasteiger partial charge in [0.15, 0.2) is 11.5 Å². The summed E-state index contributed by atoms with van der Waals surface area (Å²) in [4.78, 5) is 23.4. The fourth-order valence-corrected chi connectivity index (χ4v) is 2.41. The molecule has 0 unspecified atom stereocenters. The van der Waals surface area contributed by atoms with Crippen LogP contribution in [0.15, 0.2) is 18.2 Å². The number of rotatable bonds is 6. The molecule has 1 aromatic carbocycles. The predicted octanol–water partition coefficient (Wildman–Crippen LogP) is 2.76. The van der Waals surface area contributed by atoms with E-state index in [9.17, 15) is 9.59 Å². The Bertz CT molecular complexity index is 517. The Hall–Kier alpha value is -2.04. The third-order valence-electron chi connectivity index (χ3n) is 3.48. The highest BCUT2D eigenvalue weighted by molar-refractivity contribution is 6.40. The summed E-state index contributed by atoms with van der Waals surface area (Å²) in [5, 5.41) is 0. The molecule has 0 heterocycles. The van der Waals surface area contributed by atoms with Crippen molar-refractivity contribution >= 4 is 11.8 Å². The molecule has 0 N–H and O–H groups in total. The molecule has 1 aliphatic rings. The summed E-state index contributed by atoms with van der Waals surface area (Å²) in [5.41, 5.74) is 0.240. The molecular weight excluding hydrogens is 272 g/mol. The SMILES string of the molecule is CCOC(=O)C(=O)c1ccc(OC2CCCC2)c(OC)c1. The van der Waals surface area contributed by atoms with E-state index in [-0.39, 0.29) is 18.3 Å².